The maximum Gasteiger partial charge on any atom is 0.267 e. The fraction of sp³-hybridized carbons (Fsp3) is 0.105. The van der Waals surface area contributed by atoms with Gasteiger partial charge in [-0.15, -0.1) is 0 Å². The van der Waals surface area contributed by atoms with Gasteiger partial charge in [0.15, 0.2) is 5.13 Å². The second-order valence-corrected chi connectivity index (χ2v) is 6.58. The third-order valence-corrected chi connectivity index (χ3v) is 4.73. The number of ether oxygens (including phenoxy) is 1. The van der Waals surface area contributed by atoms with Crippen LogP contribution in [0.3, 0.4) is 0 Å². The molecule has 1 aromatic heterocycles. The Kier molecular flexibility index (Phi) is 5.46. The Balaban J connectivity index is 1.72. The van der Waals surface area contributed by atoms with Gasteiger partial charge in [-0.25, -0.2) is 9.37 Å². The Morgan fingerprint density at radius 3 is 2.52 bits per heavy atom. The molecule has 0 radical (unpaired) electrons. The number of carbonyl (C=O) groups is 2. The molecule has 0 saturated heterocycles. The lowest BCUT2D eigenvalue weighted by molar-refractivity contribution is 0.102. The number of nitrogens with zero attached hydrogens (tertiary/aromatic N) is 1. The van der Waals surface area contributed by atoms with E-state index in [2.05, 4.69) is 15.6 Å². The van der Waals surface area contributed by atoms with Gasteiger partial charge in [0, 0.05) is 17.3 Å². The molecular formula is C19H16FN3O3S. The summed E-state index contributed by atoms with van der Waals surface area (Å²) in [6.07, 6.45) is 0. The van der Waals surface area contributed by atoms with E-state index in [1.165, 1.54) is 24.3 Å². The molecule has 0 aliphatic carbocycles. The van der Waals surface area contributed by atoms with Crippen LogP contribution in [-0.2, 0) is 0 Å². The highest BCUT2D eigenvalue weighted by molar-refractivity contribution is 7.17. The zero-order valence-electron chi connectivity index (χ0n) is 14.6. The molecule has 6 nitrogen and oxygen atoms in total. The van der Waals surface area contributed by atoms with Gasteiger partial charge in [-0.1, -0.05) is 17.4 Å². The second kappa shape index (κ2) is 7.96. The van der Waals surface area contributed by atoms with Crippen LogP contribution < -0.4 is 15.4 Å². The molecule has 2 aromatic carbocycles. The van der Waals surface area contributed by atoms with Crippen molar-refractivity contribution < 1.29 is 18.7 Å². The highest BCUT2D eigenvalue weighted by atomic mass is 32.1. The number of aromatic nitrogens is 1. The fourth-order valence-electron chi connectivity index (χ4n) is 2.32. The Morgan fingerprint density at radius 2 is 1.81 bits per heavy atom. The molecule has 27 heavy (non-hydrogen) atoms. The van der Waals surface area contributed by atoms with Crippen LogP contribution in [0.15, 0.2) is 48.5 Å². The van der Waals surface area contributed by atoms with E-state index in [4.69, 9.17) is 4.74 Å². The van der Waals surface area contributed by atoms with Crippen molar-refractivity contribution in [3.05, 3.63) is 70.5 Å². The van der Waals surface area contributed by atoms with Crippen molar-refractivity contribution in [3.8, 4) is 5.75 Å². The molecule has 138 valence electrons. The van der Waals surface area contributed by atoms with Crippen LogP contribution in [0.4, 0.5) is 15.2 Å². The predicted octanol–water partition coefficient (Wildman–Crippen LogP) is 4.10. The molecule has 0 saturated carbocycles. The standard InChI is InChI=1S/C19H16FN3O3S/c1-11-16(18(25)22-14-4-3-5-15(10-14)26-2)27-19(21-11)23-17(24)12-6-8-13(20)9-7-12/h3-10H,1-2H3,(H,22,25)(H,21,23,24). The van der Waals surface area contributed by atoms with Crippen molar-refractivity contribution in [2.45, 2.75) is 6.92 Å². The Hall–Kier alpha value is -3.26. The van der Waals surface area contributed by atoms with Gasteiger partial charge in [0.1, 0.15) is 16.4 Å². The monoisotopic (exact) mass is 385 g/mol. The first-order chi connectivity index (χ1) is 13.0. The number of anilines is 2. The van der Waals surface area contributed by atoms with Crippen LogP contribution in [0.2, 0.25) is 0 Å². The highest BCUT2D eigenvalue weighted by Crippen LogP contribution is 2.25. The number of rotatable bonds is 5. The molecule has 2 N–H and O–H groups in total. The summed E-state index contributed by atoms with van der Waals surface area (Å²) in [5.74, 6) is -0.557. The van der Waals surface area contributed by atoms with E-state index >= 15 is 0 Å². The van der Waals surface area contributed by atoms with E-state index in [1.54, 1.807) is 38.3 Å². The summed E-state index contributed by atoms with van der Waals surface area (Å²) in [6.45, 7) is 1.69. The lowest BCUT2D eigenvalue weighted by Gasteiger charge is -2.06. The summed E-state index contributed by atoms with van der Waals surface area (Å²) in [5.41, 5.74) is 1.38. The first kappa shape index (κ1) is 18.5. The molecule has 0 bridgehead atoms. The number of nitrogens with one attached hydrogen (secondary N) is 2. The van der Waals surface area contributed by atoms with Crippen LogP contribution in [0, 0.1) is 12.7 Å². The van der Waals surface area contributed by atoms with Gasteiger partial charge in [-0.3, -0.25) is 14.9 Å². The minimum absolute atomic E-state index is 0.289. The lowest BCUT2D eigenvalue weighted by Crippen LogP contribution is -2.11. The van der Waals surface area contributed by atoms with Crippen molar-refractivity contribution in [1.29, 1.82) is 0 Å². The number of benzene rings is 2. The van der Waals surface area contributed by atoms with Gasteiger partial charge in [-0.05, 0) is 43.3 Å². The third kappa shape index (κ3) is 4.48. The molecular weight excluding hydrogens is 369 g/mol. The number of halogens is 1. The number of thiazole rings is 1. The SMILES string of the molecule is COc1cccc(NC(=O)c2sc(NC(=O)c3ccc(F)cc3)nc2C)c1. The van der Waals surface area contributed by atoms with Crippen LogP contribution >= 0.6 is 11.3 Å². The van der Waals surface area contributed by atoms with Gasteiger partial charge < -0.3 is 10.1 Å². The van der Waals surface area contributed by atoms with Crippen molar-refractivity contribution in [2.24, 2.45) is 0 Å². The average Bonchev–Trinajstić information content (AvgIpc) is 3.02. The predicted molar refractivity (Wildman–Crippen MR) is 102 cm³/mol. The molecule has 2 amide bonds. The van der Waals surface area contributed by atoms with Gasteiger partial charge in [-0.2, -0.15) is 0 Å². The van der Waals surface area contributed by atoms with E-state index < -0.39 is 11.7 Å². The molecule has 0 spiro atoms. The number of aryl methyl sites for hydroxylation is 1. The summed E-state index contributed by atoms with van der Waals surface area (Å²) in [5, 5.41) is 5.69. The van der Waals surface area contributed by atoms with E-state index in [-0.39, 0.29) is 11.0 Å². The molecule has 0 unspecified atom stereocenters. The van der Waals surface area contributed by atoms with Crippen molar-refractivity contribution in [3.63, 3.8) is 0 Å². The zero-order valence-corrected chi connectivity index (χ0v) is 15.4. The van der Waals surface area contributed by atoms with Gasteiger partial charge >= 0.3 is 0 Å². The first-order valence-electron chi connectivity index (χ1n) is 7.96. The average molecular weight is 385 g/mol. The lowest BCUT2D eigenvalue weighted by atomic mass is 10.2. The van der Waals surface area contributed by atoms with Crippen molar-refractivity contribution in [2.75, 3.05) is 17.7 Å². The van der Waals surface area contributed by atoms with E-state index in [1.807, 2.05) is 0 Å². The molecule has 1 heterocycles. The third-order valence-electron chi connectivity index (χ3n) is 3.66. The number of hydrogen-bond acceptors (Lipinski definition) is 5. The summed E-state index contributed by atoms with van der Waals surface area (Å²) >= 11 is 1.06. The van der Waals surface area contributed by atoms with Crippen molar-refractivity contribution in [1.82, 2.24) is 4.98 Å². The maximum atomic E-state index is 13.0. The Labute approximate surface area is 159 Å². The van der Waals surface area contributed by atoms with E-state index in [0.717, 1.165) is 11.3 Å². The van der Waals surface area contributed by atoms with Crippen LogP contribution in [0.1, 0.15) is 25.7 Å². The largest absolute Gasteiger partial charge is 0.497 e. The van der Waals surface area contributed by atoms with Crippen LogP contribution in [0.5, 0.6) is 5.75 Å². The number of amides is 2. The Bertz CT molecular complexity index is 986. The quantitative estimate of drug-likeness (QED) is 0.693. The van der Waals surface area contributed by atoms with E-state index in [0.29, 0.717) is 27.6 Å². The minimum atomic E-state index is -0.427. The second-order valence-electron chi connectivity index (χ2n) is 5.58. The summed E-state index contributed by atoms with van der Waals surface area (Å²) in [7, 11) is 1.55. The summed E-state index contributed by atoms with van der Waals surface area (Å²) < 4.78 is 18.1. The van der Waals surface area contributed by atoms with Gasteiger partial charge in [0.25, 0.3) is 11.8 Å². The smallest absolute Gasteiger partial charge is 0.267 e. The molecule has 3 aromatic rings. The topological polar surface area (TPSA) is 80.3 Å². The molecule has 3 rings (SSSR count). The van der Waals surface area contributed by atoms with Crippen molar-refractivity contribution >= 4 is 34.0 Å². The zero-order chi connectivity index (χ0) is 19.4. The molecule has 0 aliphatic rings. The molecule has 8 heteroatoms. The number of hydrogen-bond donors (Lipinski definition) is 2. The summed E-state index contributed by atoms with van der Waals surface area (Å²) in [6, 6.07) is 12.1. The highest BCUT2D eigenvalue weighted by Gasteiger charge is 2.17. The van der Waals surface area contributed by atoms with Gasteiger partial charge in [0.05, 0.1) is 12.8 Å². The molecule has 0 fully saturated rings. The number of carbonyl (C=O) groups excluding carboxylic acids is 2. The van der Waals surface area contributed by atoms with Gasteiger partial charge in [0.2, 0.25) is 0 Å². The van der Waals surface area contributed by atoms with Crippen LogP contribution in [-0.4, -0.2) is 23.9 Å². The van der Waals surface area contributed by atoms with Crippen LogP contribution in [0.25, 0.3) is 0 Å². The molecule has 0 aliphatic heterocycles. The minimum Gasteiger partial charge on any atom is -0.497 e. The number of methoxy groups -OCH3 is 1. The van der Waals surface area contributed by atoms with E-state index in [9.17, 15) is 14.0 Å². The maximum absolute atomic E-state index is 13.0. The fourth-order valence-corrected chi connectivity index (χ4v) is 3.18. The molecule has 0 atom stereocenters. The normalized spacial score (nSPS) is 10.3. The summed E-state index contributed by atoms with van der Waals surface area (Å²) in [4.78, 5) is 29.3. The first-order valence-corrected chi connectivity index (χ1v) is 8.77. The Morgan fingerprint density at radius 1 is 1.07 bits per heavy atom.